The van der Waals surface area contributed by atoms with Gasteiger partial charge in [0.05, 0.1) is 6.04 Å². The normalized spacial score (nSPS) is 24.3. The van der Waals surface area contributed by atoms with E-state index in [-0.39, 0.29) is 23.8 Å². The first-order chi connectivity index (χ1) is 12.1. The highest BCUT2D eigenvalue weighted by Crippen LogP contribution is 2.27. The summed E-state index contributed by atoms with van der Waals surface area (Å²) >= 11 is 0. The van der Waals surface area contributed by atoms with Crippen LogP contribution in [-0.4, -0.2) is 58.1 Å². The second-order valence-electron chi connectivity index (χ2n) is 7.90. The van der Waals surface area contributed by atoms with Crippen LogP contribution in [0, 0.1) is 0 Å². The monoisotopic (exact) mass is 348 g/mol. The van der Waals surface area contributed by atoms with Crippen molar-refractivity contribution in [1.82, 2.24) is 19.9 Å². The Kier molecular flexibility index (Phi) is 6.10. The SMILES string of the molecule is CC(C)c1nc(C2CCCN(C(=O)C(C)N3CCCCCC3)C2)no1. The van der Waals surface area contributed by atoms with E-state index in [0.717, 1.165) is 38.3 Å². The van der Waals surface area contributed by atoms with Crippen molar-refractivity contribution in [3.8, 4) is 0 Å². The maximum atomic E-state index is 13.0. The van der Waals surface area contributed by atoms with Crippen molar-refractivity contribution >= 4 is 5.91 Å². The molecule has 0 aliphatic carbocycles. The van der Waals surface area contributed by atoms with Gasteiger partial charge in [-0.3, -0.25) is 9.69 Å². The molecule has 3 heterocycles. The van der Waals surface area contributed by atoms with Crippen LogP contribution in [-0.2, 0) is 4.79 Å². The van der Waals surface area contributed by atoms with Crippen LogP contribution < -0.4 is 0 Å². The smallest absolute Gasteiger partial charge is 0.239 e. The van der Waals surface area contributed by atoms with Gasteiger partial charge in [-0.2, -0.15) is 4.98 Å². The van der Waals surface area contributed by atoms with Gasteiger partial charge in [-0.1, -0.05) is 31.8 Å². The van der Waals surface area contributed by atoms with E-state index < -0.39 is 0 Å². The molecule has 1 amide bonds. The molecule has 0 N–H and O–H groups in total. The van der Waals surface area contributed by atoms with Crippen molar-refractivity contribution in [2.75, 3.05) is 26.2 Å². The number of piperidine rings is 1. The summed E-state index contributed by atoms with van der Waals surface area (Å²) in [6, 6.07) is -0.0201. The van der Waals surface area contributed by atoms with Crippen molar-refractivity contribution in [2.24, 2.45) is 0 Å². The Labute approximate surface area is 150 Å². The van der Waals surface area contributed by atoms with Gasteiger partial charge in [0.1, 0.15) is 0 Å². The standard InChI is InChI=1S/C19H32N4O2/c1-14(2)18-20-17(21-25-18)16-9-8-12-23(13-16)19(24)15(3)22-10-6-4-5-7-11-22/h14-16H,4-13H2,1-3H3. The van der Waals surface area contributed by atoms with Gasteiger partial charge in [-0.15, -0.1) is 0 Å². The van der Waals surface area contributed by atoms with Gasteiger partial charge >= 0.3 is 0 Å². The lowest BCUT2D eigenvalue weighted by Crippen LogP contribution is -2.50. The molecule has 0 saturated carbocycles. The van der Waals surface area contributed by atoms with Crippen LogP contribution in [0.25, 0.3) is 0 Å². The number of aromatic nitrogens is 2. The van der Waals surface area contributed by atoms with Crippen molar-refractivity contribution in [3.05, 3.63) is 11.7 Å². The molecule has 0 bridgehead atoms. The number of rotatable bonds is 4. The maximum absolute atomic E-state index is 13.0. The molecule has 140 valence electrons. The van der Waals surface area contributed by atoms with E-state index in [0.29, 0.717) is 12.4 Å². The van der Waals surface area contributed by atoms with Crippen LogP contribution >= 0.6 is 0 Å². The zero-order valence-corrected chi connectivity index (χ0v) is 15.9. The molecule has 1 aromatic rings. The van der Waals surface area contributed by atoms with Gasteiger partial charge in [0, 0.05) is 24.9 Å². The molecule has 0 radical (unpaired) electrons. The fraction of sp³-hybridized carbons (Fsp3) is 0.842. The highest BCUT2D eigenvalue weighted by atomic mass is 16.5. The van der Waals surface area contributed by atoms with E-state index in [2.05, 4.69) is 35.8 Å². The van der Waals surface area contributed by atoms with Crippen LogP contribution in [0.3, 0.4) is 0 Å². The van der Waals surface area contributed by atoms with Gasteiger partial charge in [0.25, 0.3) is 0 Å². The third-order valence-corrected chi connectivity index (χ3v) is 5.60. The maximum Gasteiger partial charge on any atom is 0.239 e. The highest BCUT2D eigenvalue weighted by molar-refractivity contribution is 5.81. The fourth-order valence-electron chi connectivity index (χ4n) is 3.94. The highest BCUT2D eigenvalue weighted by Gasteiger charge is 2.32. The molecule has 0 aromatic carbocycles. The minimum Gasteiger partial charge on any atom is -0.341 e. The Hall–Kier alpha value is -1.43. The second kappa shape index (κ2) is 8.30. The largest absolute Gasteiger partial charge is 0.341 e. The Morgan fingerprint density at radius 2 is 1.80 bits per heavy atom. The minimum atomic E-state index is -0.0201. The number of hydrogen-bond acceptors (Lipinski definition) is 5. The lowest BCUT2D eigenvalue weighted by atomic mass is 9.96. The average molecular weight is 348 g/mol. The van der Waals surface area contributed by atoms with Gasteiger partial charge in [0.15, 0.2) is 5.82 Å². The molecule has 2 atom stereocenters. The summed E-state index contributed by atoms with van der Waals surface area (Å²) in [7, 11) is 0. The molecule has 1 aromatic heterocycles. The number of likely N-dealkylation sites (tertiary alicyclic amines) is 2. The lowest BCUT2D eigenvalue weighted by Gasteiger charge is -2.36. The summed E-state index contributed by atoms with van der Waals surface area (Å²) in [6.45, 7) is 9.84. The molecule has 0 spiro atoms. The molecule has 2 saturated heterocycles. The number of carbonyl (C=O) groups is 1. The quantitative estimate of drug-likeness (QED) is 0.836. The zero-order valence-electron chi connectivity index (χ0n) is 15.9. The molecular weight excluding hydrogens is 316 g/mol. The molecular formula is C19H32N4O2. The van der Waals surface area contributed by atoms with Crippen LogP contribution in [0.15, 0.2) is 4.52 Å². The van der Waals surface area contributed by atoms with Crippen LogP contribution in [0.5, 0.6) is 0 Å². The van der Waals surface area contributed by atoms with Gasteiger partial charge in [-0.25, -0.2) is 0 Å². The molecule has 6 heteroatoms. The van der Waals surface area contributed by atoms with E-state index >= 15 is 0 Å². The molecule has 25 heavy (non-hydrogen) atoms. The van der Waals surface area contributed by atoms with E-state index in [4.69, 9.17) is 4.52 Å². The predicted octanol–water partition coefficient (Wildman–Crippen LogP) is 3.16. The van der Waals surface area contributed by atoms with Crippen molar-refractivity contribution in [1.29, 1.82) is 0 Å². The number of nitrogens with zero attached hydrogens (tertiary/aromatic N) is 4. The first-order valence-electron chi connectivity index (χ1n) is 9.92. The van der Waals surface area contributed by atoms with Crippen molar-refractivity contribution in [3.63, 3.8) is 0 Å². The lowest BCUT2D eigenvalue weighted by molar-refractivity contribution is -0.137. The van der Waals surface area contributed by atoms with Gasteiger partial charge < -0.3 is 9.42 Å². The average Bonchev–Trinajstić information content (AvgIpc) is 2.97. The summed E-state index contributed by atoms with van der Waals surface area (Å²) in [4.78, 5) is 22.0. The number of carbonyl (C=O) groups excluding carboxylic acids is 1. The Morgan fingerprint density at radius 3 is 2.44 bits per heavy atom. The van der Waals surface area contributed by atoms with Crippen LogP contribution in [0.1, 0.15) is 82.8 Å². The fourth-order valence-corrected chi connectivity index (χ4v) is 3.94. The Balaban J connectivity index is 1.62. The predicted molar refractivity (Wildman–Crippen MR) is 96.4 cm³/mol. The first-order valence-corrected chi connectivity index (χ1v) is 9.92. The van der Waals surface area contributed by atoms with E-state index in [1.165, 1.54) is 25.7 Å². The Morgan fingerprint density at radius 1 is 1.08 bits per heavy atom. The zero-order chi connectivity index (χ0) is 17.8. The molecule has 3 rings (SSSR count). The van der Waals surface area contributed by atoms with Crippen molar-refractivity contribution in [2.45, 2.75) is 77.2 Å². The first kappa shape index (κ1) is 18.4. The molecule has 2 fully saturated rings. The van der Waals surface area contributed by atoms with E-state index in [1.807, 2.05) is 4.90 Å². The molecule has 2 unspecified atom stereocenters. The second-order valence-corrected chi connectivity index (χ2v) is 7.90. The Bertz CT molecular complexity index is 564. The number of amides is 1. The summed E-state index contributed by atoms with van der Waals surface area (Å²) in [5.74, 6) is 2.16. The van der Waals surface area contributed by atoms with Crippen LogP contribution in [0.4, 0.5) is 0 Å². The van der Waals surface area contributed by atoms with Crippen molar-refractivity contribution < 1.29 is 9.32 Å². The molecule has 6 nitrogen and oxygen atoms in total. The third-order valence-electron chi connectivity index (χ3n) is 5.60. The molecule has 2 aliphatic heterocycles. The van der Waals surface area contributed by atoms with Gasteiger partial charge in [-0.05, 0) is 45.7 Å². The van der Waals surface area contributed by atoms with E-state index in [9.17, 15) is 4.79 Å². The van der Waals surface area contributed by atoms with Gasteiger partial charge in [0.2, 0.25) is 11.8 Å². The third kappa shape index (κ3) is 4.40. The summed E-state index contributed by atoms with van der Waals surface area (Å²) in [6.07, 6.45) is 7.04. The minimum absolute atomic E-state index is 0.0201. The molecule has 2 aliphatic rings. The van der Waals surface area contributed by atoms with E-state index in [1.54, 1.807) is 0 Å². The number of hydrogen-bond donors (Lipinski definition) is 0. The summed E-state index contributed by atoms with van der Waals surface area (Å²) < 4.78 is 5.36. The van der Waals surface area contributed by atoms with Crippen LogP contribution in [0.2, 0.25) is 0 Å². The topological polar surface area (TPSA) is 62.5 Å². The summed E-state index contributed by atoms with van der Waals surface area (Å²) in [5.41, 5.74) is 0. The summed E-state index contributed by atoms with van der Waals surface area (Å²) in [5, 5.41) is 4.17.